The van der Waals surface area contributed by atoms with Crippen LogP contribution in [-0.2, 0) is 10.0 Å². The molecule has 0 bridgehead atoms. The van der Waals surface area contributed by atoms with Crippen LogP contribution in [0.15, 0.2) is 41.6 Å². The number of anilines is 1. The van der Waals surface area contributed by atoms with Crippen LogP contribution in [0.1, 0.15) is 11.1 Å². The van der Waals surface area contributed by atoms with Crippen molar-refractivity contribution in [2.45, 2.75) is 18.9 Å². The molecular weight excluding hydrogens is 267 g/mol. The highest BCUT2D eigenvalue weighted by Gasteiger charge is 2.21. The van der Waals surface area contributed by atoms with E-state index in [0.717, 1.165) is 17.2 Å². The number of hydrogen-bond donors (Lipinski definition) is 1. The molecule has 1 heterocycles. The molecule has 0 unspecified atom stereocenters. The summed E-state index contributed by atoms with van der Waals surface area (Å²) in [6, 6.07) is 7.78. The largest absolute Gasteiger partial charge is 0.282 e. The second-order valence-electron chi connectivity index (χ2n) is 4.16. The number of rotatable bonds is 3. The maximum Gasteiger partial charge on any atom is 0.282 e. The van der Waals surface area contributed by atoms with Gasteiger partial charge in [0.05, 0.1) is 5.69 Å². The first kappa shape index (κ1) is 13.5. The van der Waals surface area contributed by atoms with E-state index < -0.39 is 20.9 Å². The van der Waals surface area contributed by atoms with Crippen molar-refractivity contribution in [2.24, 2.45) is 0 Å². The van der Waals surface area contributed by atoms with Gasteiger partial charge in [-0.05, 0) is 37.1 Å². The van der Waals surface area contributed by atoms with Crippen LogP contribution in [0.5, 0.6) is 0 Å². The minimum atomic E-state index is -4.03. The van der Waals surface area contributed by atoms with Gasteiger partial charge in [0.25, 0.3) is 10.0 Å². The smallest absolute Gasteiger partial charge is 0.278 e. The lowest BCUT2D eigenvalue weighted by Gasteiger charge is -2.12. The van der Waals surface area contributed by atoms with Gasteiger partial charge in [0, 0.05) is 6.20 Å². The number of nitrogens with one attached hydrogen (secondary N) is 1. The van der Waals surface area contributed by atoms with Gasteiger partial charge in [0.15, 0.2) is 5.82 Å². The zero-order valence-corrected chi connectivity index (χ0v) is 11.3. The molecule has 1 N–H and O–H groups in total. The van der Waals surface area contributed by atoms with E-state index in [1.165, 1.54) is 12.3 Å². The van der Waals surface area contributed by atoms with E-state index in [1.54, 1.807) is 26.0 Å². The topological polar surface area (TPSA) is 59.1 Å². The summed E-state index contributed by atoms with van der Waals surface area (Å²) in [5.74, 6) is -0.874. The van der Waals surface area contributed by atoms with Gasteiger partial charge >= 0.3 is 0 Å². The van der Waals surface area contributed by atoms with Gasteiger partial charge in [0.1, 0.15) is 0 Å². The third-order valence-corrected chi connectivity index (χ3v) is 3.98. The van der Waals surface area contributed by atoms with Gasteiger partial charge in [0.2, 0.25) is 5.03 Å². The maximum absolute atomic E-state index is 13.5. The predicted octanol–water partition coefficient (Wildman–Crippen LogP) is 2.64. The van der Waals surface area contributed by atoms with Gasteiger partial charge in [-0.1, -0.05) is 18.2 Å². The molecule has 0 spiro atoms. The molecule has 0 aliphatic heterocycles. The molecule has 1 aromatic heterocycles. The van der Waals surface area contributed by atoms with E-state index in [9.17, 15) is 12.8 Å². The van der Waals surface area contributed by atoms with Gasteiger partial charge < -0.3 is 0 Å². The van der Waals surface area contributed by atoms with Crippen LogP contribution in [0.25, 0.3) is 0 Å². The monoisotopic (exact) mass is 280 g/mol. The number of nitrogens with zero attached hydrogens (tertiary/aromatic N) is 1. The number of aryl methyl sites for hydroxylation is 2. The zero-order chi connectivity index (χ0) is 14.0. The first-order chi connectivity index (χ1) is 8.92. The average Bonchev–Trinajstić information content (AvgIpc) is 2.34. The van der Waals surface area contributed by atoms with Crippen LogP contribution >= 0.6 is 0 Å². The van der Waals surface area contributed by atoms with Crippen LogP contribution in [0, 0.1) is 19.7 Å². The van der Waals surface area contributed by atoms with Crippen molar-refractivity contribution in [3.63, 3.8) is 0 Å². The molecule has 0 amide bonds. The summed E-state index contributed by atoms with van der Waals surface area (Å²) >= 11 is 0. The summed E-state index contributed by atoms with van der Waals surface area (Å²) < 4.78 is 40.1. The molecule has 2 rings (SSSR count). The minimum absolute atomic E-state index is 0.451. The Morgan fingerprint density at radius 2 is 1.74 bits per heavy atom. The average molecular weight is 280 g/mol. The second kappa shape index (κ2) is 4.97. The lowest BCUT2D eigenvalue weighted by molar-refractivity contribution is 0.556. The van der Waals surface area contributed by atoms with Crippen LogP contribution in [0.3, 0.4) is 0 Å². The highest BCUT2D eigenvalue weighted by Crippen LogP contribution is 2.23. The Bertz CT molecular complexity index is 694. The highest BCUT2D eigenvalue weighted by molar-refractivity contribution is 7.92. The summed E-state index contributed by atoms with van der Waals surface area (Å²) in [6.07, 6.45) is 1.24. The highest BCUT2D eigenvalue weighted by atomic mass is 32.2. The van der Waals surface area contributed by atoms with E-state index in [4.69, 9.17) is 0 Å². The van der Waals surface area contributed by atoms with Crippen molar-refractivity contribution in [1.29, 1.82) is 0 Å². The normalized spacial score (nSPS) is 11.3. The first-order valence-electron chi connectivity index (χ1n) is 5.61. The lowest BCUT2D eigenvalue weighted by atomic mass is 10.1. The molecule has 0 fully saturated rings. The van der Waals surface area contributed by atoms with Crippen molar-refractivity contribution in [3.8, 4) is 0 Å². The molecule has 0 saturated carbocycles. The summed E-state index contributed by atoms with van der Waals surface area (Å²) in [7, 11) is -4.03. The number of halogens is 1. The Morgan fingerprint density at radius 3 is 2.32 bits per heavy atom. The number of para-hydroxylation sites is 1. The Kier molecular flexibility index (Phi) is 3.53. The van der Waals surface area contributed by atoms with Crippen molar-refractivity contribution in [2.75, 3.05) is 4.72 Å². The SMILES string of the molecule is Cc1cccc(C)c1NS(=O)(=O)c1ncccc1F. The van der Waals surface area contributed by atoms with Crippen molar-refractivity contribution < 1.29 is 12.8 Å². The molecule has 0 aliphatic carbocycles. The summed E-state index contributed by atoms with van der Waals surface area (Å²) in [5.41, 5.74) is 1.98. The molecule has 1 aromatic carbocycles. The Balaban J connectivity index is 2.46. The minimum Gasteiger partial charge on any atom is -0.278 e. The Morgan fingerprint density at radius 1 is 1.11 bits per heavy atom. The van der Waals surface area contributed by atoms with Crippen LogP contribution in [0.4, 0.5) is 10.1 Å². The summed E-state index contributed by atoms with van der Waals surface area (Å²) in [5, 5.41) is -0.599. The van der Waals surface area contributed by atoms with Crippen LogP contribution < -0.4 is 4.72 Å². The Hall–Kier alpha value is -1.95. The molecule has 19 heavy (non-hydrogen) atoms. The van der Waals surface area contributed by atoms with Gasteiger partial charge in [-0.25, -0.2) is 9.37 Å². The van der Waals surface area contributed by atoms with Crippen LogP contribution in [0.2, 0.25) is 0 Å². The number of pyridine rings is 1. The standard InChI is InChI=1S/C13H13FN2O2S/c1-9-5-3-6-10(2)12(9)16-19(17,18)13-11(14)7-4-8-15-13/h3-8,16H,1-2H3. The Labute approximate surface area is 111 Å². The van der Waals surface area contributed by atoms with E-state index in [1.807, 2.05) is 6.07 Å². The molecule has 0 atom stereocenters. The number of aromatic nitrogens is 1. The molecule has 100 valence electrons. The van der Waals surface area contributed by atoms with Gasteiger partial charge in [-0.15, -0.1) is 0 Å². The summed E-state index contributed by atoms with van der Waals surface area (Å²) in [4.78, 5) is 3.58. The third-order valence-electron chi connectivity index (χ3n) is 2.70. The van der Waals surface area contributed by atoms with Crippen molar-refractivity contribution in [3.05, 3.63) is 53.5 Å². The van der Waals surface area contributed by atoms with Gasteiger partial charge in [-0.3, -0.25) is 4.72 Å². The van der Waals surface area contributed by atoms with Crippen LogP contribution in [-0.4, -0.2) is 13.4 Å². The molecule has 4 nitrogen and oxygen atoms in total. The molecule has 0 aliphatic rings. The zero-order valence-electron chi connectivity index (χ0n) is 10.5. The maximum atomic E-state index is 13.5. The van der Waals surface area contributed by atoms with Crippen molar-refractivity contribution in [1.82, 2.24) is 4.98 Å². The molecule has 0 radical (unpaired) electrons. The molecule has 6 heteroatoms. The quantitative estimate of drug-likeness (QED) is 0.940. The van der Waals surface area contributed by atoms with Crippen molar-refractivity contribution >= 4 is 15.7 Å². The molecule has 2 aromatic rings. The van der Waals surface area contributed by atoms with E-state index in [-0.39, 0.29) is 0 Å². The first-order valence-corrected chi connectivity index (χ1v) is 7.09. The second-order valence-corrected chi connectivity index (χ2v) is 5.76. The molecular formula is C13H13FN2O2S. The number of hydrogen-bond acceptors (Lipinski definition) is 3. The van der Waals surface area contributed by atoms with E-state index in [0.29, 0.717) is 5.69 Å². The van der Waals surface area contributed by atoms with Gasteiger partial charge in [-0.2, -0.15) is 8.42 Å². The predicted molar refractivity (Wildman–Crippen MR) is 70.9 cm³/mol. The fourth-order valence-electron chi connectivity index (χ4n) is 1.73. The third kappa shape index (κ3) is 2.73. The number of sulfonamides is 1. The van der Waals surface area contributed by atoms with E-state index >= 15 is 0 Å². The lowest BCUT2D eigenvalue weighted by Crippen LogP contribution is -2.17. The number of benzene rings is 1. The fourth-order valence-corrected chi connectivity index (χ4v) is 2.94. The fraction of sp³-hybridized carbons (Fsp3) is 0.154. The summed E-state index contributed by atoms with van der Waals surface area (Å²) in [6.45, 7) is 3.55. The van der Waals surface area contributed by atoms with E-state index in [2.05, 4.69) is 9.71 Å². The molecule has 0 saturated heterocycles.